The largest absolute Gasteiger partial charge is 0.416 e. The first-order chi connectivity index (χ1) is 17.8. The molecule has 1 aromatic heterocycles. The van der Waals surface area contributed by atoms with Gasteiger partial charge in [-0.3, -0.25) is 4.79 Å². The van der Waals surface area contributed by atoms with Crippen molar-refractivity contribution in [2.24, 2.45) is 5.92 Å². The van der Waals surface area contributed by atoms with Gasteiger partial charge in [-0.2, -0.15) is 33.4 Å². The second-order valence-electron chi connectivity index (χ2n) is 8.82. The van der Waals surface area contributed by atoms with Crippen molar-refractivity contribution in [2.45, 2.75) is 44.4 Å². The monoisotopic (exact) mass is 509 g/mol. The average Bonchev–Trinajstić information content (AvgIpc) is 2.91. The van der Waals surface area contributed by atoms with Gasteiger partial charge in [-0.25, -0.2) is 0 Å². The quantitative estimate of drug-likeness (QED) is 0.421. The number of carbonyl (C=O) groups is 1. The predicted octanol–water partition coefficient (Wildman–Crippen LogP) is 4.76. The van der Waals surface area contributed by atoms with Gasteiger partial charge in [-0.1, -0.05) is 24.6 Å². The maximum Gasteiger partial charge on any atom is 0.416 e. The van der Waals surface area contributed by atoms with Crippen molar-refractivity contribution >= 4 is 17.8 Å². The first-order valence-electron chi connectivity index (χ1n) is 11.9. The van der Waals surface area contributed by atoms with E-state index in [2.05, 4.69) is 37.0 Å². The van der Waals surface area contributed by atoms with Crippen molar-refractivity contribution in [1.29, 1.82) is 5.26 Å². The van der Waals surface area contributed by atoms with E-state index in [0.717, 1.165) is 24.5 Å². The molecule has 1 heterocycles. The molecule has 0 bridgehead atoms. The van der Waals surface area contributed by atoms with Crippen LogP contribution in [0.25, 0.3) is 11.4 Å². The fourth-order valence-corrected chi connectivity index (χ4v) is 4.39. The summed E-state index contributed by atoms with van der Waals surface area (Å²) in [6, 6.07) is 14.1. The Balaban J connectivity index is 1.42. The van der Waals surface area contributed by atoms with E-state index in [1.54, 1.807) is 31.3 Å². The van der Waals surface area contributed by atoms with Crippen LogP contribution in [0.5, 0.6) is 0 Å². The molecular formula is C26H26F3N7O. The molecule has 37 heavy (non-hydrogen) atoms. The molecule has 2 atom stereocenters. The number of anilines is 2. The summed E-state index contributed by atoms with van der Waals surface area (Å²) < 4.78 is 39.8. The Morgan fingerprint density at radius 1 is 1.05 bits per heavy atom. The summed E-state index contributed by atoms with van der Waals surface area (Å²) in [5.74, 6) is 0.537. The zero-order valence-electron chi connectivity index (χ0n) is 20.1. The molecule has 192 valence electrons. The lowest BCUT2D eigenvalue weighted by Crippen LogP contribution is -2.37. The first kappa shape index (κ1) is 25.9. The molecule has 0 unspecified atom stereocenters. The molecule has 1 fully saturated rings. The fraction of sp³-hybridized carbons (Fsp3) is 0.346. The van der Waals surface area contributed by atoms with Gasteiger partial charge in [-0.05, 0) is 55.2 Å². The minimum Gasteiger partial charge on any atom is -0.357 e. The Morgan fingerprint density at radius 3 is 2.49 bits per heavy atom. The third-order valence-electron chi connectivity index (χ3n) is 6.29. The normalized spacial score (nSPS) is 17.5. The Kier molecular flexibility index (Phi) is 7.86. The molecule has 3 aromatic rings. The summed E-state index contributed by atoms with van der Waals surface area (Å²) in [6.07, 6.45) is -1.75. The van der Waals surface area contributed by atoms with Gasteiger partial charge < -0.3 is 16.0 Å². The van der Waals surface area contributed by atoms with Gasteiger partial charge in [0.15, 0.2) is 5.82 Å². The second-order valence-corrected chi connectivity index (χ2v) is 8.82. The molecule has 1 amide bonds. The third kappa shape index (κ3) is 6.52. The minimum atomic E-state index is -4.48. The lowest BCUT2D eigenvalue weighted by Gasteiger charge is -2.29. The third-order valence-corrected chi connectivity index (χ3v) is 6.29. The van der Waals surface area contributed by atoms with Gasteiger partial charge in [0, 0.05) is 31.1 Å². The number of rotatable bonds is 7. The molecule has 0 aliphatic heterocycles. The molecule has 0 radical (unpaired) electrons. The van der Waals surface area contributed by atoms with E-state index >= 15 is 0 Å². The van der Waals surface area contributed by atoms with Crippen LogP contribution >= 0.6 is 0 Å². The molecule has 0 spiro atoms. The number of hydrogen-bond donors (Lipinski definition) is 3. The van der Waals surface area contributed by atoms with Crippen LogP contribution in [0.15, 0.2) is 48.5 Å². The SMILES string of the molecule is CNc1nc(N[C@@H]2CCC[C@H](C(=O)NCc3ccccc3C(F)(F)F)C2)nc(-c2ccc(C#N)cc2)n1. The van der Waals surface area contributed by atoms with Crippen molar-refractivity contribution < 1.29 is 18.0 Å². The minimum absolute atomic E-state index is 0.0361. The molecular weight excluding hydrogens is 483 g/mol. The van der Waals surface area contributed by atoms with E-state index < -0.39 is 11.7 Å². The van der Waals surface area contributed by atoms with Crippen molar-refractivity contribution in [3.8, 4) is 17.5 Å². The summed E-state index contributed by atoms with van der Waals surface area (Å²) in [4.78, 5) is 26.1. The highest BCUT2D eigenvalue weighted by atomic mass is 19.4. The summed E-state index contributed by atoms with van der Waals surface area (Å²) in [6.45, 7) is -0.184. The number of nitrogens with one attached hydrogen (secondary N) is 3. The average molecular weight is 510 g/mol. The predicted molar refractivity (Wildman–Crippen MR) is 132 cm³/mol. The molecule has 2 aromatic carbocycles. The summed E-state index contributed by atoms with van der Waals surface area (Å²) >= 11 is 0. The van der Waals surface area contributed by atoms with Gasteiger partial charge in [0.2, 0.25) is 17.8 Å². The van der Waals surface area contributed by atoms with Crippen LogP contribution in [0, 0.1) is 17.2 Å². The molecule has 1 aliphatic rings. The van der Waals surface area contributed by atoms with Crippen LogP contribution < -0.4 is 16.0 Å². The number of nitriles is 1. The van der Waals surface area contributed by atoms with Crippen molar-refractivity contribution in [3.63, 3.8) is 0 Å². The Bertz CT molecular complexity index is 1290. The highest BCUT2D eigenvalue weighted by Gasteiger charge is 2.33. The fourth-order valence-electron chi connectivity index (χ4n) is 4.39. The molecule has 4 rings (SSSR count). The number of benzene rings is 2. The first-order valence-corrected chi connectivity index (χ1v) is 11.9. The van der Waals surface area contributed by atoms with Crippen LogP contribution in [-0.4, -0.2) is 33.9 Å². The van der Waals surface area contributed by atoms with Gasteiger partial charge >= 0.3 is 6.18 Å². The number of nitrogens with zero attached hydrogens (tertiary/aromatic N) is 4. The van der Waals surface area contributed by atoms with Gasteiger partial charge in [0.25, 0.3) is 0 Å². The number of halogens is 3. The Labute approximate surface area is 212 Å². The van der Waals surface area contributed by atoms with Gasteiger partial charge in [0.1, 0.15) is 0 Å². The van der Waals surface area contributed by atoms with Gasteiger partial charge in [0.05, 0.1) is 17.2 Å². The smallest absolute Gasteiger partial charge is 0.357 e. The zero-order valence-corrected chi connectivity index (χ0v) is 20.1. The number of carbonyl (C=O) groups excluding carboxylic acids is 1. The lowest BCUT2D eigenvalue weighted by molar-refractivity contribution is -0.138. The maximum atomic E-state index is 13.3. The van der Waals surface area contributed by atoms with E-state index in [1.165, 1.54) is 18.2 Å². The van der Waals surface area contributed by atoms with Crippen molar-refractivity contribution in [3.05, 3.63) is 65.2 Å². The van der Waals surface area contributed by atoms with Crippen LogP contribution in [0.1, 0.15) is 42.4 Å². The summed E-state index contributed by atoms with van der Waals surface area (Å²) in [5.41, 5.74) is 0.542. The topological polar surface area (TPSA) is 116 Å². The number of alkyl halides is 3. The van der Waals surface area contributed by atoms with E-state index in [9.17, 15) is 18.0 Å². The lowest BCUT2D eigenvalue weighted by atomic mass is 9.85. The van der Waals surface area contributed by atoms with E-state index in [4.69, 9.17) is 5.26 Å². The van der Waals surface area contributed by atoms with E-state index in [0.29, 0.717) is 36.1 Å². The van der Waals surface area contributed by atoms with Crippen molar-refractivity contribution in [1.82, 2.24) is 20.3 Å². The maximum absolute atomic E-state index is 13.3. The molecule has 1 saturated carbocycles. The van der Waals surface area contributed by atoms with Crippen LogP contribution in [0.3, 0.4) is 0 Å². The molecule has 0 saturated heterocycles. The Morgan fingerprint density at radius 2 is 1.78 bits per heavy atom. The van der Waals surface area contributed by atoms with Gasteiger partial charge in [-0.15, -0.1) is 0 Å². The summed E-state index contributed by atoms with van der Waals surface area (Å²) in [5, 5.41) is 17.9. The molecule has 8 nitrogen and oxygen atoms in total. The second kappa shape index (κ2) is 11.2. The Hall–Kier alpha value is -4.20. The number of hydrogen-bond acceptors (Lipinski definition) is 7. The summed E-state index contributed by atoms with van der Waals surface area (Å²) in [7, 11) is 1.69. The zero-order chi connectivity index (χ0) is 26.4. The van der Waals surface area contributed by atoms with E-state index in [-0.39, 0.29) is 30.0 Å². The standard InChI is InChI=1S/C26H26F3N7O/c1-31-24-34-22(17-11-9-16(14-30)10-12-17)35-25(36-24)33-20-7-4-6-18(13-20)23(37)32-15-19-5-2-3-8-21(19)26(27,28)29/h2-3,5,8-12,18,20H,4,6-7,13,15H2,1H3,(H,32,37)(H2,31,33,34,35,36)/t18-,20+/m0/s1. The van der Waals surface area contributed by atoms with Crippen LogP contribution in [-0.2, 0) is 17.5 Å². The molecule has 11 heteroatoms. The number of aromatic nitrogens is 3. The molecule has 1 aliphatic carbocycles. The number of amides is 1. The van der Waals surface area contributed by atoms with E-state index in [1.807, 2.05) is 0 Å². The van der Waals surface area contributed by atoms with Crippen molar-refractivity contribution in [2.75, 3.05) is 17.7 Å². The van der Waals surface area contributed by atoms with Crippen LogP contribution in [0.2, 0.25) is 0 Å². The molecule has 3 N–H and O–H groups in total. The highest BCUT2D eigenvalue weighted by molar-refractivity contribution is 5.79. The van der Waals surface area contributed by atoms with Crippen LogP contribution in [0.4, 0.5) is 25.1 Å². The highest BCUT2D eigenvalue weighted by Crippen LogP contribution is 2.32.